The van der Waals surface area contributed by atoms with E-state index in [-0.39, 0.29) is 5.78 Å². The number of hydrogen-bond donors (Lipinski definition) is 3. The van der Waals surface area contributed by atoms with Gasteiger partial charge in [0.05, 0.1) is 5.56 Å². The van der Waals surface area contributed by atoms with Gasteiger partial charge < -0.3 is 20.3 Å². The number of ketones is 1. The number of aliphatic hydroxyl groups excluding tert-OH is 1. The Morgan fingerprint density at radius 3 is 2.76 bits per heavy atom. The van der Waals surface area contributed by atoms with Crippen LogP contribution in [0.15, 0.2) is 41.3 Å². The standard InChI is InChI=1S/C21H24BrN5O2/c22-17-1-2-19-18(7-17)15(10-24-19)9-23-8-14-3-5-27(6-4-14)21-25-11-16(12-26-21)20(29)13-28/h1-2,7,10-12,14,23-24,28H,3-6,8-9,13H2. The molecule has 1 aromatic carbocycles. The largest absolute Gasteiger partial charge is 0.388 e. The van der Waals surface area contributed by atoms with Crippen molar-refractivity contribution in [2.75, 3.05) is 31.1 Å². The number of rotatable bonds is 7. The summed E-state index contributed by atoms with van der Waals surface area (Å²) < 4.78 is 1.09. The Labute approximate surface area is 177 Å². The van der Waals surface area contributed by atoms with Crippen LogP contribution in [0.3, 0.4) is 0 Å². The molecule has 0 unspecified atom stereocenters. The van der Waals surface area contributed by atoms with E-state index >= 15 is 0 Å². The number of carbonyl (C=O) groups excluding carboxylic acids is 1. The van der Waals surface area contributed by atoms with E-state index in [1.807, 2.05) is 6.07 Å². The molecule has 0 saturated carbocycles. The topological polar surface area (TPSA) is 94.1 Å². The monoisotopic (exact) mass is 457 g/mol. The fraction of sp³-hybridized carbons (Fsp3) is 0.381. The molecule has 0 spiro atoms. The van der Waals surface area contributed by atoms with Crippen LogP contribution in [0.4, 0.5) is 5.95 Å². The maximum atomic E-state index is 11.5. The highest BCUT2D eigenvalue weighted by Gasteiger charge is 2.21. The molecule has 4 rings (SSSR count). The lowest BCUT2D eigenvalue weighted by Gasteiger charge is -2.32. The van der Waals surface area contributed by atoms with Crippen molar-refractivity contribution in [2.24, 2.45) is 5.92 Å². The Morgan fingerprint density at radius 1 is 1.28 bits per heavy atom. The van der Waals surface area contributed by atoms with Crippen molar-refractivity contribution in [3.63, 3.8) is 0 Å². The molecule has 0 radical (unpaired) electrons. The highest BCUT2D eigenvalue weighted by atomic mass is 79.9. The highest BCUT2D eigenvalue weighted by molar-refractivity contribution is 9.10. The SMILES string of the molecule is O=C(CO)c1cnc(N2CCC(CNCc3c[nH]c4ccc(Br)cc34)CC2)nc1. The zero-order valence-electron chi connectivity index (χ0n) is 16.1. The van der Waals surface area contributed by atoms with Crippen molar-refractivity contribution in [1.82, 2.24) is 20.3 Å². The first-order valence-corrected chi connectivity index (χ1v) is 10.6. The maximum Gasteiger partial charge on any atom is 0.225 e. The number of anilines is 1. The molecule has 1 saturated heterocycles. The van der Waals surface area contributed by atoms with Gasteiger partial charge >= 0.3 is 0 Å². The summed E-state index contributed by atoms with van der Waals surface area (Å²) in [5, 5.41) is 13.8. The quantitative estimate of drug-likeness (QED) is 0.472. The summed E-state index contributed by atoms with van der Waals surface area (Å²) in [5.74, 6) is 0.914. The molecule has 3 aromatic rings. The van der Waals surface area contributed by atoms with E-state index in [0.29, 0.717) is 17.4 Å². The van der Waals surface area contributed by atoms with Crippen molar-refractivity contribution in [2.45, 2.75) is 19.4 Å². The third kappa shape index (κ3) is 4.66. The van der Waals surface area contributed by atoms with E-state index in [4.69, 9.17) is 5.11 Å². The normalized spacial score (nSPS) is 15.2. The zero-order valence-corrected chi connectivity index (χ0v) is 17.7. The summed E-state index contributed by atoms with van der Waals surface area (Å²) in [7, 11) is 0. The summed E-state index contributed by atoms with van der Waals surface area (Å²) in [6.07, 6.45) is 7.22. The lowest BCUT2D eigenvalue weighted by molar-refractivity contribution is 0.0903. The molecule has 7 nitrogen and oxygen atoms in total. The van der Waals surface area contributed by atoms with Crippen molar-refractivity contribution in [3.8, 4) is 0 Å². The number of benzene rings is 1. The fourth-order valence-electron chi connectivity index (χ4n) is 3.76. The summed E-state index contributed by atoms with van der Waals surface area (Å²) in [5.41, 5.74) is 2.79. The van der Waals surface area contributed by atoms with Gasteiger partial charge in [0.1, 0.15) is 6.61 Å². The number of Topliss-reactive ketones (excluding diaryl/α,β-unsaturated/α-hetero) is 1. The third-order valence-electron chi connectivity index (χ3n) is 5.48. The summed E-state index contributed by atoms with van der Waals surface area (Å²) in [4.78, 5) is 25.5. The Bertz CT molecular complexity index is 980. The molecule has 3 N–H and O–H groups in total. The number of aliphatic hydroxyl groups is 1. The Hall–Kier alpha value is -2.29. The smallest absolute Gasteiger partial charge is 0.225 e. The lowest BCUT2D eigenvalue weighted by atomic mass is 9.97. The number of carbonyl (C=O) groups is 1. The average molecular weight is 458 g/mol. The van der Waals surface area contributed by atoms with E-state index in [1.54, 1.807) is 0 Å². The van der Waals surface area contributed by atoms with Gasteiger partial charge in [-0.2, -0.15) is 0 Å². The van der Waals surface area contributed by atoms with Gasteiger partial charge in [-0.1, -0.05) is 15.9 Å². The molecule has 0 amide bonds. The zero-order chi connectivity index (χ0) is 20.2. The van der Waals surface area contributed by atoms with Crippen LogP contribution < -0.4 is 10.2 Å². The van der Waals surface area contributed by atoms with Gasteiger partial charge in [0.25, 0.3) is 0 Å². The van der Waals surface area contributed by atoms with Crippen molar-refractivity contribution in [3.05, 3.63) is 52.4 Å². The number of fused-ring (bicyclic) bond motifs is 1. The molecule has 1 aliphatic rings. The molecule has 2 aromatic heterocycles. The molecule has 152 valence electrons. The van der Waals surface area contributed by atoms with E-state index in [9.17, 15) is 4.79 Å². The molecule has 1 fully saturated rings. The lowest BCUT2D eigenvalue weighted by Crippen LogP contribution is -2.38. The second kappa shape index (κ2) is 9.02. The predicted octanol–water partition coefficient (Wildman–Crippen LogP) is 2.90. The van der Waals surface area contributed by atoms with E-state index in [2.05, 4.69) is 59.4 Å². The van der Waals surface area contributed by atoms with E-state index in [0.717, 1.165) is 49.0 Å². The molecule has 8 heteroatoms. The minimum Gasteiger partial charge on any atom is -0.388 e. The number of aromatic amines is 1. The van der Waals surface area contributed by atoms with Gasteiger partial charge in [-0.15, -0.1) is 0 Å². The minimum atomic E-state index is -0.517. The molecule has 0 bridgehead atoms. The first kappa shape index (κ1) is 20.0. The van der Waals surface area contributed by atoms with Crippen molar-refractivity contribution in [1.29, 1.82) is 0 Å². The van der Waals surface area contributed by atoms with Gasteiger partial charge in [0, 0.05) is 53.6 Å². The van der Waals surface area contributed by atoms with Crippen LogP contribution in [0.1, 0.15) is 28.8 Å². The van der Waals surface area contributed by atoms with Crippen LogP contribution >= 0.6 is 15.9 Å². The van der Waals surface area contributed by atoms with Crippen LogP contribution in [0.25, 0.3) is 10.9 Å². The number of H-pyrrole nitrogens is 1. The molecular weight excluding hydrogens is 434 g/mol. The van der Waals surface area contributed by atoms with Gasteiger partial charge in [-0.25, -0.2) is 9.97 Å². The van der Waals surface area contributed by atoms with Crippen LogP contribution in [0.5, 0.6) is 0 Å². The number of aromatic nitrogens is 3. The van der Waals surface area contributed by atoms with Crippen LogP contribution in [-0.4, -0.2) is 52.1 Å². The Kier molecular flexibility index (Phi) is 6.22. The predicted molar refractivity (Wildman–Crippen MR) is 116 cm³/mol. The molecular formula is C21H24BrN5O2. The maximum absolute atomic E-state index is 11.5. The molecule has 3 heterocycles. The average Bonchev–Trinajstić information content (AvgIpc) is 3.16. The Morgan fingerprint density at radius 2 is 2.03 bits per heavy atom. The first-order chi connectivity index (χ1) is 14.1. The van der Waals surface area contributed by atoms with Crippen molar-refractivity contribution < 1.29 is 9.90 Å². The molecule has 0 aliphatic carbocycles. The van der Waals surface area contributed by atoms with Crippen molar-refractivity contribution >= 4 is 38.6 Å². The second-order valence-corrected chi connectivity index (χ2v) is 8.33. The number of nitrogens with one attached hydrogen (secondary N) is 2. The van der Waals surface area contributed by atoms with Crippen LogP contribution in [0.2, 0.25) is 0 Å². The van der Waals surface area contributed by atoms with Gasteiger partial charge in [0.15, 0.2) is 5.78 Å². The number of nitrogens with zero attached hydrogens (tertiary/aromatic N) is 3. The van der Waals surface area contributed by atoms with Gasteiger partial charge in [-0.3, -0.25) is 4.79 Å². The number of halogens is 1. The second-order valence-electron chi connectivity index (χ2n) is 7.42. The van der Waals surface area contributed by atoms with E-state index < -0.39 is 6.61 Å². The third-order valence-corrected chi connectivity index (χ3v) is 5.97. The summed E-state index contributed by atoms with van der Waals surface area (Å²) in [6, 6.07) is 6.29. The Balaban J connectivity index is 1.25. The number of piperidine rings is 1. The minimum absolute atomic E-state index is 0.347. The van der Waals surface area contributed by atoms with Crippen LogP contribution in [-0.2, 0) is 6.54 Å². The first-order valence-electron chi connectivity index (χ1n) is 9.81. The summed E-state index contributed by atoms with van der Waals surface area (Å²) >= 11 is 3.54. The van der Waals surface area contributed by atoms with Crippen LogP contribution in [0, 0.1) is 5.92 Å². The number of hydrogen-bond acceptors (Lipinski definition) is 6. The van der Waals surface area contributed by atoms with Gasteiger partial charge in [0.2, 0.25) is 5.95 Å². The molecule has 1 aliphatic heterocycles. The summed E-state index contributed by atoms with van der Waals surface area (Å²) in [6.45, 7) is 3.12. The van der Waals surface area contributed by atoms with Gasteiger partial charge in [-0.05, 0) is 49.1 Å². The molecule has 0 atom stereocenters. The van der Waals surface area contributed by atoms with E-state index in [1.165, 1.54) is 23.3 Å². The highest BCUT2D eigenvalue weighted by Crippen LogP contribution is 2.23. The fourth-order valence-corrected chi connectivity index (χ4v) is 4.13. The molecule has 29 heavy (non-hydrogen) atoms.